The highest BCUT2D eigenvalue weighted by Gasteiger charge is 2.37. The van der Waals surface area contributed by atoms with Crippen LogP contribution in [0.2, 0.25) is 13.1 Å². The first-order valence-electron chi connectivity index (χ1n) is 5.24. The Balaban J connectivity index is 2.20. The second-order valence-corrected chi connectivity index (χ2v) is 9.02. The summed E-state index contributed by atoms with van der Waals surface area (Å²) < 4.78 is 16.4. The Morgan fingerprint density at radius 3 is 2.36 bits per heavy atom. The van der Waals surface area contributed by atoms with E-state index in [4.69, 9.17) is 13.9 Å². The molecule has 0 aromatic rings. The van der Waals surface area contributed by atoms with Crippen molar-refractivity contribution in [3.63, 3.8) is 0 Å². The fourth-order valence-electron chi connectivity index (χ4n) is 1.35. The SMILES string of the molecule is CCC1(COC[Si](C)(C)OC)COC1. The molecule has 0 unspecified atom stereocenters. The summed E-state index contributed by atoms with van der Waals surface area (Å²) in [7, 11) is 0.234. The molecule has 1 aliphatic heterocycles. The number of ether oxygens (including phenoxy) is 2. The van der Waals surface area contributed by atoms with Crippen LogP contribution in [0.25, 0.3) is 0 Å². The third-order valence-corrected chi connectivity index (χ3v) is 4.98. The molecule has 1 fully saturated rings. The minimum atomic E-state index is -1.54. The standard InChI is InChI=1S/C10H22O3Si/c1-5-10(6-12-7-10)8-13-9-14(3,4)11-2/h5-9H2,1-4H3. The molecule has 0 aliphatic carbocycles. The van der Waals surface area contributed by atoms with E-state index in [0.29, 0.717) is 5.41 Å². The van der Waals surface area contributed by atoms with Crippen LogP contribution in [0.5, 0.6) is 0 Å². The van der Waals surface area contributed by atoms with E-state index in [-0.39, 0.29) is 0 Å². The zero-order valence-electron chi connectivity index (χ0n) is 9.76. The van der Waals surface area contributed by atoms with Gasteiger partial charge in [-0.05, 0) is 19.5 Å². The predicted molar refractivity (Wildman–Crippen MR) is 58.9 cm³/mol. The molecule has 14 heavy (non-hydrogen) atoms. The van der Waals surface area contributed by atoms with E-state index in [1.807, 2.05) is 0 Å². The Bertz CT molecular complexity index is 173. The summed E-state index contributed by atoms with van der Waals surface area (Å²) in [6, 6.07) is 0. The van der Waals surface area contributed by atoms with E-state index >= 15 is 0 Å². The summed E-state index contributed by atoms with van der Waals surface area (Å²) in [5.41, 5.74) is 0.304. The molecule has 0 saturated carbocycles. The maximum atomic E-state index is 5.74. The lowest BCUT2D eigenvalue weighted by Gasteiger charge is -2.40. The molecule has 4 heteroatoms. The number of hydrogen-bond donors (Lipinski definition) is 0. The number of rotatable bonds is 6. The van der Waals surface area contributed by atoms with Crippen LogP contribution in [0.15, 0.2) is 0 Å². The molecule has 0 aromatic carbocycles. The molecular weight excluding hydrogens is 196 g/mol. The Morgan fingerprint density at radius 1 is 1.36 bits per heavy atom. The Hall–Kier alpha value is 0.0969. The lowest BCUT2D eigenvalue weighted by molar-refractivity contribution is -0.147. The highest BCUT2D eigenvalue weighted by Crippen LogP contribution is 2.31. The average Bonchev–Trinajstić information content (AvgIpc) is 2.10. The topological polar surface area (TPSA) is 27.7 Å². The third kappa shape index (κ3) is 3.05. The first-order valence-corrected chi connectivity index (χ1v) is 8.36. The molecule has 3 nitrogen and oxygen atoms in total. The van der Waals surface area contributed by atoms with Gasteiger partial charge in [-0.15, -0.1) is 0 Å². The molecule has 84 valence electrons. The largest absolute Gasteiger partial charge is 0.418 e. The molecule has 0 amide bonds. The van der Waals surface area contributed by atoms with Gasteiger partial charge in [0.25, 0.3) is 0 Å². The van der Waals surface area contributed by atoms with Crippen molar-refractivity contribution in [2.24, 2.45) is 5.41 Å². The average molecular weight is 218 g/mol. The molecule has 1 heterocycles. The summed E-state index contributed by atoms with van der Waals surface area (Å²) in [5.74, 6) is 0. The van der Waals surface area contributed by atoms with Crippen molar-refractivity contribution in [3.8, 4) is 0 Å². The van der Waals surface area contributed by atoms with Crippen molar-refractivity contribution in [1.82, 2.24) is 0 Å². The van der Waals surface area contributed by atoms with Crippen LogP contribution < -0.4 is 0 Å². The van der Waals surface area contributed by atoms with Gasteiger partial charge in [-0.25, -0.2) is 0 Å². The molecule has 1 aliphatic rings. The van der Waals surface area contributed by atoms with Crippen molar-refractivity contribution >= 4 is 8.32 Å². The summed E-state index contributed by atoms with van der Waals surface area (Å²) in [4.78, 5) is 0. The van der Waals surface area contributed by atoms with Gasteiger partial charge in [-0.1, -0.05) is 6.92 Å². The fraction of sp³-hybridized carbons (Fsp3) is 1.00. The number of hydrogen-bond acceptors (Lipinski definition) is 3. The summed E-state index contributed by atoms with van der Waals surface area (Å²) in [5, 5.41) is 0. The quantitative estimate of drug-likeness (QED) is 0.637. The molecule has 1 rings (SSSR count). The van der Waals surface area contributed by atoms with Gasteiger partial charge in [0.2, 0.25) is 8.32 Å². The van der Waals surface area contributed by atoms with Gasteiger partial charge in [-0.3, -0.25) is 0 Å². The molecule has 0 bridgehead atoms. The highest BCUT2D eigenvalue weighted by atomic mass is 28.4. The minimum Gasteiger partial charge on any atom is -0.418 e. The molecule has 0 spiro atoms. The van der Waals surface area contributed by atoms with Gasteiger partial charge in [0.1, 0.15) is 0 Å². The summed E-state index contributed by atoms with van der Waals surface area (Å²) in [6.07, 6.45) is 1.92. The van der Waals surface area contributed by atoms with E-state index < -0.39 is 8.32 Å². The maximum absolute atomic E-state index is 5.74. The van der Waals surface area contributed by atoms with Crippen LogP contribution in [0.1, 0.15) is 13.3 Å². The smallest absolute Gasteiger partial charge is 0.211 e. The Labute approximate surface area is 87.9 Å². The molecule has 0 atom stereocenters. The predicted octanol–water partition coefficient (Wildman–Crippen LogP) is 1.82. The minimum absolute atomic E-state index is 0.304. The van der Waals surface area contributed by atoms with Gasteiger partial charge in [-0.2, -0.15) is 0 Å². The van der Waals surface area contributed by atoms with Crippen LogP contribution in [0.4, 0.5) is 0 Å². The van der Waals surface area contributed by atoms with Crippen molar-refractivity contribution in [3.05, 3.63) is 0 Å². The van der Waals surface area contributed by atoms with Gasteiger partial charge in [0.15, 0.2) is 0 Å². The first-order chi connectivity index (χ1) is 6.54. The van der Waals surface area contributed by atoms with E-state index in [0.717, 1.165) is 32.5 Å². The van der Waals surface area contributed by atoms with E-state index in [2.05, 4.69) is 20.0 Å². The first kappa shape index (κ1) is 12.2. The van der Waals surface area contributed by atoms with E-state index in [1.54, 1.807) is 7.11 Å². The molecule has 0 N–H and O–H groups in total. The van der Waals surface area contributed by atoms with Crippen molar-refractivity contribution in [1.29, 1.82) is 0 Å². The zero-order chi connectivity index (χ0) is 10.7. The van der Waals surface area contributed by atoms with Crippen LogP contribution in [0, 0.1) is 5.41 Å². The van der Waals surface area contributed by atoms with Gasteiger partial charge in [0, 0.05) is 12.5 Å². The normalized spacial score (nSPS) is 20.6. The summed E-state index contributed by atoms with van der Waals surface area (Å²) >= 11 is 0. The Kier molecular flexibility index (Phi) is 4.12. The van der Waals surface area contributed by atoms with E-state index in [9.17, 15) is 0 Å². The van der Waals surface area contributed by atoms with E-state index in [1.165, 1.54) is 0 Å². The highest BCUT2D eigenvalue weighted by molar-refractivity contribution is 6.71. The monoisotopic (exact) mass is 218 g/mol. The molecular formula is C10H22O3Si. The van der Waals surface area contributed by atoms with Crippen LogP contribution >= 0.6 is 0 Å². The summed E-state index contributed by atoms with van der Waals surface area (Å²) in [6.45, 7) is 9.08. The second-order valence-electron chi connectivity index (χ2n) is 4.80. The molecule has 0 radical (unpaired) electrons. The van der Waals surface area contributed by atoms with Crippen LogP contribution in [-0.2, 0) is 13.9 Å². The lowest BCUT2D eigenvalue weighted by atomic mass is 9.84. The van der Waals surface area contributed by atoms with Gasteiger partial charge in [0.05, 0.1) is 26.1 Å². The molecule has 0 aromatic heterocycles. The second kappa shape index (κ2) is 4.75. The van der Waals surface area contributed by atoms with Gasteiger partial charge >= 0.3 is 0 Å². The molecule has 1 saturated heterocycles. The van der Waals surface area contributed by atoms with Crippen molar-refractivity contribution in [2.75, 3.05) is 33.2 Å². The van der Waals surface area contributed by atoms with Crippen molar-refractivity contribution < 1.29 is 13.9 Å². The third-order valence-electron chi connectivity index (χ3n) is 2.98. The lowest BCUT2D eigenvalue weighted by Crippen LogP contribution is -2.47. The maximum Gasteiger partial charge on any atom is 0.211 e. The fourth-order valence-corrected chi connectivity index (χ4v) is 2.06. The zero-order valence-corrected chi connectivity index (χ0v) is 10.8. The Morgan fingerprint density at radius 2 is 2.00 bits per heavy atom. The van der Waals surface area contributed by atoms with Gasteiger partial charge < -0.3 is 13.9 Å². The van der Waals surface area contributed by atoms with Crippen LogP contribution in [0.3, 0.4) is 0 Å². The van der Waals surface area contributed by atoms with Crippen LogP contribution in [-0.4, -0.2) is 41.5 Å². The van der Waals surface area contributed by atoms with Crippen molar-refractivity contribution in [2.45, 2.75) is 26.4 Å².